The molecule has 0 unspecified atom stereocenters. The van der Waals surface area contributed by atoms with E-state index < -0.39 is 11.6 Å². The van der Waals surface area contributed by atoms with Gasteiger partial charge in [-0.15, -0.1) is 0 Å². The third-order valence-electron chi connectivity index (χ3n) is 3.24. The van der Waals surface area contributed by atoms with Crippen LogP contribution in [0.5, 0.6) is 11.5 Å². The molecule has 0 saturated heterocycles. The molecule has 0 aliphatic rings. The second-order valence-corrected chi connectivity index (χ2v) is 6.13. The summed E-state index contributed by atoms with van der Waals surface area (Å²) in [5, 5.41) is 0. The first-order valence-electron chi connectivity index (χ1n) is 6.72. The highest BCUT2D eigenvalue weighted by Crippen LogP contribution is 2.38. The molecule has 0 aliphatic heterocycles. The van der Waals surface area contributed by atoms with Crippen LogP contribution in [0.2, 0.25) is 0 Å². The van der Waals surface area contributed by atoms with Crippen LogP contribution in [-0.2, 0) is 5.41 Å². The molecule has 0 saturated carbocycles. The quantitative estimate of drug-likeness (QED) is 0.795. The van der Waals surface area contributed by atoms with Crippen LogP contribution >= 0.6 is 0 Å². The molecule has 2 aromatic rings. The SMILES string of the molecule is Cc1ccc(Oc2c(N)ccc(F)c2F)c(C(C)(C)C)c1. The van der Waals surface area contributed by atoms with Crippen LogP contribution in [0.3, 0.4) is 0 Å². The fraction of sp³-hybridized carbons (Fsp3) is 0.294. The van der Waals surface area contributed by atoms with Gasteiger partial charge in [-0.3, -0.25) is 0 Å². The fourth-order valence-electron chi connectivity index (χ4n) is 2.08. The summed E-state index contributed by atoms with van der Waals surface area (Å²) >= 11 is 0. The van der Waals surface area contributed by atoms with Gasteiger partial charge in [0.1, 0.15) is 5.75 Å². The molecular weight excluding hydrogens is 272 g/mol. The fourth-order valence-corrected chi connectivity index (χ4v) is 2.08. The van der Waals surface area contributed by atoms with Crippen LogP contribution in [0.4, 0.5) is 14.5 Å². The molecule has 2 nitrogen and oxygen atoms in total. The highest BCUT2D eigenvalue weighted by atomic mass is 19.2. The Labute approximate surface area is 123 Å². The van der Waals surface area contributed by atoms with E-state index in [4.69, 9.17) is 10.5 Å². The molecule has 0 bridgehead atoms. The lowest BCUT2D eigenvalue weighted by molar-refractivity contribution is 0.407. The number of hydrogen-bond donors (Lipinski definition) is 1. The zero-order valence-corrected chi connectivity index (χ0v) is 12.6. The molecule has 0 heterocycles. The van der Waals surface area contributed by atoms with Gasteiger partial charge < -0.3 is 10.5 Å². The highest BCUT2D eigenvalue weighted by Gasteiger charge is 2.22. The van der Waals surface area contributed by atoms with Crippen molar-refractivity contribution in [1.29, 1.82) is 0 Å². The van der Waals surface area contributed by atoms with Gasteiger partial charge in [0.2, 0.25) is 5.82 Å². The summed E-state index contributed by atoms with van der Waals surface area (Å²) in [6.07, 6.45) is 0. The molecule has 0 aromatic heterocycles. The molecule has 0 atom stereocenters. The average Bonchev–Trinajstić information content (AvgIpc) is 2.39. The predicted molar refractivity (Wildman–Crippen MR) is 80.7 cm³/mol. The van der Waals surface area contributed by atoms with Gasteiger partial charge in [-0.05, 0) is 30.5 Å². The summed E-state index contributed by atoms with van der Waals surface area (Å²) in [4.78, 5) is 0. The summed E-state index contributed by atoms with van der Waals surface area (Å²) < 4.78 is 32.8. The number of ether oxygens (including phenoxy) is 1. The molecule has 21 heavy (non-hydrogen) atoms. The Bertz CT molecular complexity index is 675. The summed E-state index contributed by atoms with van der Waals surface area (Å²) in [7, 11) is 0. The molecule has 0 radical (unpaired) electrons. The van der Waals surface area contributed by atoms with Gasteiger partial charge in [0.25, 0.3) is 0 Å². The first kappa shape index (κ1) is 15.3. The van der Waals surface area contributed by atoms with Gasteiger partial charge in [0, 0.05) is 5.56 Å². The van der Waals surface area contributed by atoms with Crippen molar-refractivity contribution in [2.24, 2.45) is 0 Å². The third kappa shape index (κ3) is 3.15. The Kier molecular flexibility index (Phi) is 3.90. The average molecular weight is 291 g/mol. The Morgan fingerprint density at radius 2 is 1.71 bits per heavy atom. The monoisotopic (exact) mass is 291 g/mol. The second-order valence-electron chi connectivity index (χ2n) is 6.13. The van der Waals surface area contributed by atoms with E-state index in [1.165, 1.54) is 6.07 Å². The van der Waals surface area contributed by atoms with E-state index in [-0.39, 0.29) is 16.9 Å². The van der Waals surface area contributed by atoms with Crippen molar-refractivity contribution in [3.63, 3.8) is 0 Å². The normalized spacial score (nSPS) is 11.5. The topological polar surface area (TPSA) is 35.2 Å². The Morgan fingerprint density at radius 3 is 2.33 bits per heavy atom. The standard InChI is InChI=1S/C17H19F2NO/c1-10-5-8-14(11(9-10)17(2,3)4)21-16-13(20)7-6-12(18)15(16)19/h5-9H,20H2,1-4H3. The van der Waals surface area contributed by atoms with Gasteiger partial charge in [0.15, 0.2) is 11.6 Å². The first-order valence-corrected chi connectivity index (χ1v) is 6.72. The number of anilines is 1. The van der Waals surface area contributed by atoms with E-state index in [1.54, 1.807) is 6.07 Å². The molecule has 0 spiro atoms. The predicted octanol–water partition coefficient (Wildman–Crippen LogP) is 4.95. The lowest BCUT2D eigenvalue weighted by atomic mass is 9.85. The van der Waals surface area contributed by atoms with Crippen LogP contribution in [0.15, 0.2) is 30.3 Å². The number of nitrogens with two attached hydrogens (primary N) is 1. The van der Waals surface area contributed by atoms with E-state index in [0.29, 0.717) is 5.75 Å². The van der Waals surface area contributed by atoms with Crippen LogP contribution in [0, 0.1) is 18.6 Å². The second kappa shape index (κ2) is 5.35. The summed E-state index contributed by atoms with van der Waals surface area (Å²) in [5.74, 6) is -1.85. The number of halogens is 2. The van der Waals surface area contributed by atoms with Crippen molar-refractivity contribution in [2.75, 3.05) is 5.73 Å². The number of hydrogen-bond acceptors (Lipinski definition) is 2. The largest absolute Gasteiger partial charge is 0.452 e. The van der Waals surface area contributed by atoms with Crippen LogP contribution in [0.25, 0.3) is 0 Å². The molecule has 2 rings (SSSR count). The lowest BCUT2D eigenvalue weighted by Crippen LogP contribution is -2.13. The minimum Gasteiger partial charge on any atom is -0.452 e. The minimum absolute atomic E-state index is 0.0642. The van der Waals surface area contributed by atoms with Crippen molar-refractivity contribution < 1.29 is 13.5 Å². The van der Waals surface area contributed by atoms with Gasteiger partial charge in [-0.1, -0.05) is 38.5 Å². The van der Waals surface area contributed by atoms with Crippen molar-refractivity contribution in [3.05, 3.63) is 53.1 Å². The van der Waals surface area contributed by atoms with Crippen molar-refractivity contribution in [1.82, 2.24) is 0 Å². The van der Waals surface area contributed by atoms with Gasteiger partial charge in [0.05, 0.1) is 5.69 Å². The Hall–Kier alpha value is -2.10. The Balaban J connectivity index is 2.53. The van der Waals surface area contributed by atoms with Gasteiger partial charge in [-0.25, -0.2) is 4.39 Å². The highest BCUT2D eigenvalue weighted by molar-refractivity contribution is 5.56. The maximum absolute atomic E-state index is 13.9. The van der Waals surface area contributed by atoms with Gasteiger partial charge in [-0.2, -0.15) is 4.39 Å². The van der Waals surface area contributed by atoms with E-state index in [0.717, 1.165) is 17.2 Å². The van der Waals surface area contributed by atoms with Crippen molar-refractivity contribution >= 4 is 5.69 Å². The molecule has 2 N–H and O–H groups in total. The molecule has 4 heteroatoms. The van der Waals surface area contributed by atoms with Crippen LogP contribution in [-0.4, -0.2) is 0 Å². The maximum atomic E-state index is 13.9. The first-order chi connectivity index (χ1) is 9.70. The summed E-state index contributed by atoms with van der Waals surface area (Å²) in [6.45, 7) is 8.05. The van der Waals surface area contributed by atoms with E-state index in [9.17, 15) is 8.78 Å². The van der Waals surface area contributed by atoms with Crippen molar-refractivity contribution in [3.8, 4) is 11.5 Å². The number of rotatable bonds is 2. The molecule has 0 aliphatic carbocycles. The zero-order valence-electron chi connectivity index (χ0n) is 12.6. The molecule has 2 aromatic carbocycles. The molecular formula is C17H19F2NO. The Morgan fingerprint density at radius 1 is 1.05 bits per heavy atom. The van der Waals surface area contributed by atoms with E-state index in [2.05, 4.69) is 0 Å². The van der Waals surface area contributed by atoms with E-state index >= 15 is 0 Å². The van der Waals surface area contributed by atoms with Crippen LogP contribution < -0.4 is 10.5 Å². The molecule has 112 valence electrons. The van der Waals surface area contributed by atoms with E-state index in [1.807, 2.05) is 39.8 Å². The number of benzene rings is 2. The smallest absolute Gasteiger partial charge is 0.203 e. The number of aryl methyl sites for hydroxylation is 1. The minimum atomic E-state index is -1.07. The third-order valence-corrected chi connectivity index (χ3v) is 3.24. The zero-order chi connectivity index (χ0) is 15.8. The maximum Gasteiger partial charge on any atom is 0.203 e. The number of nitrogen functional groups attached to an aromatic ring is 1. The molecule has 0 fully saturated rings. The van der Waals surface area contributed by atoms with Crippen LogP contribution in [0.1, 0.15) is 31.9 Å². The summed E-state index contributed by atoms with van der Waals surface area (Å²) in [6, 6.07) is 7.86. The summed E-state index contributed by atoms with van der Waals surface area (Å²) in [5.41, 5.74) is 7.54. The van der Waals surface area contributed by atoms with Gasteiger partial charge >= 0.3 is 0 Å². The van der Waals surface area contributed by atoms with Crippen molar-refractivity contribution in [2.45, 2.75) is 33.1 Å². The lowest BCUT2D eigenvalue weighted by Gasteiger charge is -2.23. The molecule has 0 amide bonds.